The van der Waals surface area contributed by atoms with E-state index in [1.54, 1.807) is 0 Å². The molecule has 86 valence electrons. The third-order valence-corrected chi connectivity index (χ3v) is 4.81. The fraction of sp³-hybridized carbons (Fsp3) is 1.00. The Morgan fingerprint density at radius 3 is 2.60 bits per heavy atom. The van der Waals surface area contributed by atoms with E-state index in [0.717, 1.165) is 37.4 Å². The molecule has 1 heterocycles. The average molecular weight is 208 g/mol. The third-order valence-electron chi connectivity index (χ3n) is 4.81. The molecule has 1 nitrogen and oxygen atoms in total. The summed E-state index contributed by atoms with van der Waals surface area (Å²) in [4.78, 5) is 0. The first kappa shape index (κ1) is 11.5. The lowest BCUT2D eigenvalue weighted by molar-refractivity contribution is 0.111. The third kappa shape index (κ3) is 2.78. The lowest BCUT2D eigenvalue weighted by atomic mass is 9.67. The van der Waals surface area contributed by atoms with Crippen LogP contribution in [0.1, 0.15) is 46.0 Å². The highest BCUT2D eigenvalue weighted by atomic mass is 16.3. The van der Waals surface area contributed by atoms with E-state index in [9.17, 15) is 5.11 Å². The highest BCUT2D eigenvalue weighted by Crippen LogP contribution is 2.42. The van der Waals surface area contributed by atoms with Gasteiger partial charge in [-0.25, -0.2) is 0 Å². The maximum Gasteiger partial charge on any atom is 0.157 e. The van der Waals surface area contributed by atoms with Gasteiger partial charge in [-0.05, 0) is 49.4 Å². The molecule has 0 aromatic rings. The van der Waals surface area contributed by atoms with E-state index >= 15 is 0 Å². The smallest absolute Gasteiger partial charge is 0.157 e. The Bertz CT molecular complexity index is 205. The van der Waals surface area contributed by atoms with E-state index in [1.165, 1.54) is 32.0 Å². The maximum atomic E-state index is 9.85. The monoisotopic (exact) mass is 208 g/mol. The summed E-state index contributed by atoms with van der Waals surface area (Å²) in [6.07, 6.45) is 7.99. The fourth-order valence-corrected chi connectivity index (χ4v) is 3.72. The van der Waals surface area contributed by atoms with Crippen LogP contribution >= 0.6 is 0 Å². The van der Waals surface area contributed by atoms with Gasteiger partial charge in [0.25, 0.3) is 0 Å². The Kier molecular flexibility index (Phi) is 3.76. The molecule has 0 aromatic carbocycles. The Labute approximate surface area is 94.9 Å². The average Bonchev–Trinajstić information content (AvgIpc) is 2.37. The Morgan fingerprint density at radius 1 is 1.07 bits per heavy atom. The van der Waals surface area contributed by atoms with Gasteiger partial charge >= 0.3 is 0 Å². The van der Waals surface area contributed by atoms with E-state index < -0.39 is 0 Å². The number of hydrogen-bond acceptors (Lipinski definition) is 1. The minimum Gasteiger partial charge on any atom is -0.402 e. The summed E-state index contributed by atoms with van der Waals surface area (Å²) in [6, 6.07) is 0.00547. The quantitative estimate of drug-likeness (QED) is 0.657. The van der Waals surface area contributed by atoms with Gasteiger partial charge in [0.15, 0.2) is 7.28 Å². The van der Waals surface area contributed by atoms with Crippen molar-refractivity contribution in [2.75, 3.05) is 0 Å². The van der Waals surface area contributed by atoms with Gasteiger partial charge in [0, 0.05) is 6.00 Å². The van der Waals surface area contributed by atoms with E-state index in [0.29, 0.717) is 0 Å². The number of aliphatic hydroxyl groups excluding tert-OH is 1. The Hall–Kier alpha value is 0.0249. The van der Waals surface area contributed by atoms with Gasteiger partial charge in [0.2, 0.25) is 0 Å². The number of aliphatic hydroxyl groups is 1. The molecule has 0 aromatic heterocycles. The number of rotatable bonds is 1. The normalized spacial score (nSPS) is 41.9. The lowest BCUT2D eigenvalue weighted by Gasteiger charge is -2.37. The molecule has 0 amide bonds. The second kappa shape index (κ2) is 4.90. The summed E-state index contributed by atoms with van der Waals surface area (Å²) < 4.78 is 0. The first-order valence-electron chi connectivity index (χ1n) is 6.85. The molecule has 15 heavy (non-hydrogen) atoms. The summed E-state index contributed by atoms with van der Waals surface area (Å²) in [7, 11) is 1.05. The highest BCUT2D eigenvalue weighted by Gasteiger charge is 2.34. The molecule has 1 saturated carbocycles. The van der Waals surface area contributed by atoms with E-state index in [1.807, 2.05) is 0 Å². The Balaban J connectivity index is 1.96. The molecule has 0 radical (unpaired) electrons. The van der Waals surface area contributed by atoms with Crippen molar-refractivity contribution in [3.63, 3.8) is 0 Å². The minimum absolute atomic E-state index is 0.00547. The number of hydrogen-bond donors (Lipinski definition) is 1. The topological polar surface area (TPSA) is 20.2 Å². The summed E-state index contributed by atoms with van der Waals surface area (Å²) in [6.45, 7) is 4.72. The SMILES string of the molecule is CC(C)C1CCC2CCBC(O)CC2C1. The van der Waals surface area contributed by atoms with Gasteiger partial charge in [-0.2, -0.15) is 0 Å². The Morgan fingerprint density at radius 2 is 1.87 bits per heavy atom. The minimum atomic E-state index is 0.00547. The highest BCUT2D eigenvalue weighted by molar-refractivity contribution is 6.37. The molecule has 1 saturated heterocycles. The maximum absolute atomic E-state index is 9.85. The van der Waals surface area contributed by atoms with Crippen molar-refractivity contribution in [2.45, 2.75) is 58.3 Å². The first-order chi connectivity index (χ1) is 7.16. The standard InChI is InChI=1S/C13H25BO/c1-9(2)11-4-3-10-5-6-14-13(15)8-12(10)7-11/h9-15H,3-8H2,1-2H3. The largest absolute Gasteiger partial charge is 0.402 e. The molecule has 4 atom stereocenters. The zero-order chi connectivity index (χ0) is 10.8. The van der Waals surface area contributed by atoms with Crippen molar-refractivity contribution in [1.82, 2.24) is 0 Å². The van der Waals surface area contributed by atoms with Crippen molar-refractivity contribution in [3.8, 4) is 0 Å². The first-order valence-corrected chi connectivity index (χ1v) is 6.85. The van der Waals surface area contributed by atoms with Crippen molar-refractivity contribution >= 4 is 7.28 Å². The predicted octanol–water partition coefficient (Wildman–Crippen LogP) is 2.64. The van der Waals surface area contributed by atoms with Gasteiger partial charge < -0.3 is 5.11 Å². The van der Waals surface area contributed by atoms with Gasteiger partial charge in [0.1, 0.15) is 0 Å². The van der Waals surface area contributed by atoms with Crippen LogP contribution in [0.15, 0.2) is 0 Å². The molecule has 1 aliphatic carbocycles. The second-order valence-electron chi connectivity index (χ2n) is 6.16. The van der Waals surface area contributed by atoms with Crippen LogP contribution in [-0.2, 0) is 0 Å². The molecule has 2 heteroatoms. The molecular weight excluding hydrogens is 183 g/mol. The van der Waals surface area contributed by atoms with E-state index in [-0.39, 0.29) is 6.00 Å². The van der Waals surface area contributed by atoms with Crippen molar-refractivity contribution in [3.05, 3.63) is 0 Å². The van der Waals surface area contributed by atoms with Gasteiger partial charge in [0.05, 0.1) is 0 Å². The molecule has 1 aliphatic heterocycles. The van der Waals surface area contributed by atoms with Crippen LogP contribution in [0, 0.1) is 23.7 Å². The second-order valence-corrected chi connectivity index (χ2v) is 6.16. The molecular formula is C13H25BO. The van der Waals surface area contributed by atoms with Crippen molar-refractivity contribution < 1.29 is 5.11 Å². The van der Waals surface area contributed by atoms with Gasteiger partial charge in [-0.15, -0.1) is 0 Å². The number of fused-ring (bicyclic) bond motifs is 1. The van der Waals surface area contributed by atoms with Crippen molar-refractivity contribution in [2.24, 2.45) is 23.7 Å². The molecule has 2 rings (SSSR count). The van der Waals surface area contributed by atoms with E-state index in [2.05, 4.69) is 13.8 Å². The zero-order valence-electron chi connectivity index (χ0n) is 10.3. The van der Waals surface area contributed by atoms with Crippen LogP contribution in [0.2, 0.25) is 6.32 Å². The lowest BCUT2D eigenvalue weighted by Crippen LogP contribution is -2.28. The molecule has 2 fully saturated rings. The fourth-order valence-electron chi connectivity index (χ4n) is 3.72. The van der Waals surface area contributed by atoms with Crippen LogP contribution in [-0.4, -0.2) is 18.4 Å². The van der Waals surface area contributed by atoms with Crippen LogP contribution < -0.4 is 0 Å². The summed E-state index contributed by atoms with van der Waals surface area (Å²) in [5, 5.41) is 9.85. The molecule has 4 unspecified atom stereocenters. The summed E-state index contributed by atoms with van der Waals surface area (Å²) in [5.41, 5.74) is 0. The van der Waals surface area contributed by atoms with Crippen LogP contribution in [0.25, 0.3) is 0 Å². The van der Waals surface area contributed by atoms with Crippen molar-refractivity contribution in [1.29, 1.82) is 0 Å². The predicted molar refractivity (Wildman–Crippen MR) is 66.4 cm³/mol. The molecule has 2 aliphatic rings. The van der Waals surface area contributed by atoms with Crippen LogP contribution in [0.5, 0.6) is 0 Å². The zero-order valence-corrected chi connectivity index (χ0v) is 10.3. The van der Waals surface area contributed by atoms with Crippen LogP contribution in [0.4, 0.5) is 0 Å². The molecule has 0 spiro atoms. The van der Waals surface area contributed by atoms with Crippen LogP contribution in [0.3, 0.4) is 0 Å². The van der Waals surface area contributed by atoms with Gasteiger partial charge in [-0.3, -0.25) is 0 Å². The molecule has 1 N–H and O–H groups in total. The van der Waals surface area contributed by atoms with Gasteiger partial charge in [-0.1, -0.05) is 26.6 Å². The van der Waals surface area contributed by atoms with E-state index in [4.69, 9.17) is 0 Å². The molecule has 0 bridgehead atoms. The summed E-state index contributed by atoms with van der Waals surface area (Å²) in [5.74, 6) is 3.55. The summed E-state index contributed by atoms with van der Waals surface area (Å²) >= 11 is 0.